The van der Waals surface area contributed by atoms with Gasteiger partial charge in [-0.3, -0.25) is 0 Å². The van der Waals surface area contributed by atoms with Gasteiger partial charge in [-0.2, -0.15) is 0 Å². The van der Waals surface area contributed by atoms with Crippen LogP contribution in [0, 0.1) is 11.6 Å². The van der Waals surface area contributed by atoms with E-state index < -0.39 is 35.8 Å². The van der Waals surface area contributed by atoms with Gasteiger partial charge in [-0.15, -0.1) is 0 Å². The van der Waals surface area contributed by atoms with Crippen LogP contribution in [0.15, 0.2) is 113 Å². The van der Waals surface area contributed by atoms with E-state index in [0.29, 0.717) is 20.6 Å². The second kappa shape index (κ2) is 8.57. The molecule has 0 saturated heterocycles. The fraction of sp³-hybridized carbons (Fsp3) is 0.118. The van der Waals surface area contributed by atoms with Gasteiger partial charge >= 0.3 is 242 Å². The maximum atomic E-state index is 14.2. The standard InChI is InChI=1S/C13H9.2C7H5FO2.C5H5.2CH3.H2Si.Ti/c1-3-7-12-10(5-1)9-11-6-2-4-8-13(11)12;2*8-6-3-1-5(2-4-6)7(9)10;1-2-4-5-3-1;;;;/h1-5,7-8H,9H2;2*1-4H,(H,9,10);1-3H,4H2;2*1H3;1H2;/q;;;;;;;+2/p-2. The summed E-state index contributed by atoms with van der Waals surface area (Å²) in [4.78, 5) is 28.4. The summed E-state index contributed by atoms with van der Waals surface area (Å²) in [6.07, 6.45) is 6.62. The summed E-state index contributed by atoms with van der Waals surface area (Å²) in [6, 6.07) is 24.1. The molecule has 0 aliphatic heterocycles. The first-order valence-electron chi connectivity index (χ1n) is 13.8. The Morgan fingerprint density at radius 3 is 1.83 bits per heavy atom. The Morgan fingerprint density at radius 1 is 0.738 bits per heavy atom. The van der Waals surface area contributed by atoms with E-state index in [1.807, 2.05) is 59.0 Å². The van der Waals surface area contributed by atoms with E-state index >= 15 is 0 Å². The van der Waals surface area contributed by atoms with Gasteiger partial charge in [0.1, 0.15) is 0 Å². The van der Waals surface area contributed by atoms with Crippen LogP contribution in [0.4, 0.5) is 8.78 Å². The molecule has 4 aromatic carbocycles. The Kier molecular flexibility index (Phi) is 5.76. The fourth-order valence-corrected chi connectivity index (χ4v) is 20.5. The van der Waals surface area contributed by atoms with E-state index in [-0.39, 0.29) is 11.1 Å². The Bertz CT molecular complexity index is 1950. The first kappa shape index (κ1) is 28.2. The van der Waals surface area contributed by atoms with Crippen molar-refractivity contribution < 1.29 is 37.3 Å². The second-order valence-electron chi connectivity index (χ2n) is 13.1. The van der Waals surface area contributed by atoms with Crippen molar-refractivity contribution >= 4 is 23.4 Å². The number of carbonyl (C=O) groups excluding carboxylic acids is 2. The SMILES string of the molecule is [CH3][Ti]([CH3])(=[SiH2])([O]C(=O)c1ccc(F)cc1)([O]C(=O)c1ccc(F)cc1)([C]1=CC=CC1)[c]1cccc2c1Cc1ccccc1-2. The van der Waals surface area contributed by atoms with Crippen LogP contribution in [0.5, 0.6) is 0 Å². The third-order valence-corrected chi connectivity index (χ3v) is 25.7. The molecule has 8 heteroatoms. The van der Waals surface area contributed by atoms with Gasteiger partial charge < -0.3 is 0 Å². The molecule has 0 unspecified atom stereocenters. The Morgan fingerprint density at radius 2 is 1.29 bits per heavy atom. The van der Waals surface area contributed by atoms with Crippen LogP contribution in [0.25, 0.3) is 11.1 Å². The molecule has 4 aromatic rings. The third-order valence-electron chi connectivity index (χ3n) is 9.18. The zero-order chi connectivity index (χ0) is 29.9. The molecule has 0 heterocycles. The molecule has 2 aliphatic carbocycles. The van der Waals surface area contributed by atoms with Crippen molar-refractivity contribution in [2.45, 2.75) is 23.3 Å². The van der Waals surface area contributed by atoms with Gasteiger partial charge in [-0.1, -0.05) is 0 Å². The molecule has 0 fully saturated rings. The molecule has 0 saturated carbocycles. The monoisotopic (exact) mass is 616 g/mol. The molecule has 6 rings (SSSR count). The van der Waals surface area contributed by atoms with Crippen molar-refractivity contribution in [3.63, 3.8) is 0 Å². The van der Waals surface area contributed by atoms with Crippen LogP contribution in [-0.2, 0) is 25.3 Å². The first-order chi connectivity index (χ1) is 19.8. The molecule has 4 nitrogen and oxygen atoms in total. The number of hydrogen-bond acceptors (Lipinski definition) is 4. The van der Waals surface area contributed by atoms with Gasteiger partial charge in [0.15, 0.2) is 0 Å². The summed E-state index contributed by atoms with van der Waals surface area (Å²) in [5.74, 6) is -2.46. The number of fused-ring (bicyclic) bond motifs is 3. The van der Waals surface area contributed by atoms with Gasteiger partial charge in [0.2, 0.25) is 0 Å². The molecule has 0 aromatic heterocycles. The molecule has 0 spiro atoms. The van der Waals surface area contributed by atoms with Crippen LogP contribution in [0.2, 0.25) is 10.5 Å². The molecule has 2 aliphatic rings. The zero-order valence-corrected chi connectivity index (χ0v) is 26.4. The van der Waals surface area contributed by atoms with E-state index in [1.165, 1.54) is 56.2 Å². The number of halogens is 2. The predicted octanol–water partition coefficient (Wildman–Crippen LogP) is 6.95. The van der Waals surface area contributed by atoms with Crippen LogP contribution >= 0.6 is 0 Å². The molecule has 212 valence electrons. The fourth-order valence-electron chi connectivity index (χ4n) is 6.78. The van der Waals surface area contributed by atoms with E-state index in [9.17, 15) is 18.4 Å². The number of hydrogen-bond donors (Lipinski definition) is 0. The Hall–Kier alpha value is -3.91. The topological polar surface area (TPSA) is 52.6 Å². The number of carbonyl (C=O) groups is 2. The molecular weight excluding hydrogens is 586 g/mol. The molecule has 0 radical (unpaired) electrons. The average Bonchev–Trinajstić information content (AvgIpc) is 3.63. The van der Waals surface area contributed by atoms with Crippen molar-refractivity contribution in [2.75, 3.05) is 0 Å². The Balaban J connectivity index is 1.69. The first-order valence-corrected chi connectivity index (χ1v) is 23.8. The number of rotatable bonds is 6. The van der Waals surface area contributed by atoms with Crippen LogP contribution in [0.1, 0.15) is 38.3 Å². The van der Waals surface area contributed by atoms with Gasteiger partial charge in [0.25, 0.3) is 0 Å². The molecule has 0 amide bonds. The van der Waals surface area contributed by atoms with Gasteiger partial charge in [-0.05, 0) is 0 Å². The Labute approximate surface area is 241 Å². The predicted molar refractivity (Wildman–Crippen MR) is 160 cm³/mol. The van der Waals surface area contributed by atoms with E-state index in [4.69, 9.17) is 6.64 Å². The van der Waals surface area contributed by atoms with Crippen molar-refractivity contribution in [1.82, 2.24) is 0 Å². The second-order valence-corrected chi connectivity index (χ2v) is 40.0. The van der Waals surface area contributed by atoms with Crippen molar-refractivity contribution in [3.8, 4) is 11.1 Å². The summed E-state index contributed by atoms with van der Waals surface area (Å²) in [6.45, 7) is 0. The third kappa shape index (κ3) is 4.10. The summed E-state index contributed by atoms with van der Waals surface area (Å²) in [5, 5.41) is 3.63. The van der Waals surface area contributed by atoms with Gasteiger partial charge in [0.05, 0.1) is 0 Å². The quantitative estimate of drug-likeness (QED) is 0.194. The molecule has 0 atom stereocenters. The van der Waals surface area contributed by atoms with Crippen molar-refractivity contribution in [1.29, 1.82) is 0 Å². The van der Waals surface area contributed by atoms with Crippen LogP contribution in [-0.4, -0.2) is 19.6 Å². The normalized spacial score (nSPS) is 16.2. The number of benzene rings is 4. The summed E-state index contributed by atoms with van der Waals surface area (Å²) < 4.78 is 42.9. The zero-order valence-electron chi connectivity index (χ0n) is 23.4. The number of allylic oxidation sites excluding steroid dienone is 4. The minimum atomic E-state index is -6.85. The van der Waals surface area contributed by atoms with Gasteiger partial charge in [-0.25, -0.2) is 0 Å². The average molecular weight is 617 g/mol. The summed E-state index contributed by atoms with van der Waals surface area (Å²) in [7, 11) is 1.46. The molecule has 42 heavy (non-hydrogen) atoms. The molecular formula is C34H30F2O4SiTi. The van der Waals surface area contributed by atoms with E-state index in [0.717, 1.165) is 22.3 Å². The minimum absolute atomic E-state index is 0.123. The van der Waals surface area contributed by atoms with Crippen LogP contribution in [0.3, 0.4) is 0 Å². The summed E-state index contributed by atoms with van der Waals surface area (Å²) >= 11 is -6.85. The molecule has 0 N–H and O–H groups in total. The molecule has 0 bridgehead atoms. The maximum absolute atomic E-state index is 14.2. The summed E-state index contributed by atoms with van der Waals surface area (Å²) in [5.41, 5.74) is 4.32. The van der Waals surface area contributed by atoms with Crippen LogP contribution < -0.4 is 3.87 Å². The van der Waals surface area contributed by atoms with E-state index in [1.54, 1.807) is 0 Å². The van der Waals surface area contributed by atoms with E-state index in [2.05, 4.69) is 12.1 Å². The van der Waals surface area contributed by atoms with Gasteiger partial charge in [0, 0.05) is 0 Å². The van der Waals surface area contributed by atoms with Crippen molar-refractivity contribution in [2.24, 2.45) is 0 Å². The van der Waals surface area contributed by atoms with Crippen molar-refractivity contribution in [3.05, 3.63) is 147 Å².